The van der Waals surface area contributed by atoms with E-state index in [0.29, 0.717) is 0 Å². The maximum Gasteiger partial charge on any atom is 0.0490 e. The number of anilines is 1. The summed E-state index contributed by atoms with van der Waals surface area (Å²) >= 11 is 0. The number of rotatable bonds is 10. The molecule has 0 unspecified atom stereocenters. The van der Waals surface area contributed by atoms with Crippen LogP contribution in [0.15, 0.2) is 30.3 Å². The topological polar surface area (TPSA) is 15.3 Å². The lowest BCUT2D eigenvalue weighted by atomic mass is 10.2. The van der Waals surface area contributed by atoms with E-state index in [4.69, 9.17) is 0 Å². The van der Waals surface area contributed by atoms with E-state index in [1.807, 2.05) is 0 Å². The van der Waals surface area contributed by atoms with Crippen molar-refractivity contribution in [1.82, 2.24) is 5.01 Å². The van der Waals surface area contributed by atoms with Crippen LogP contribution in [0.1, 0.15) is 52.4 Å². The van der Waals surface area contributed by atoms with Crippen molar-refractivity contribution in [3.8, 4) is 0 Å². The van der Waals surface area contributed by atoms with E-state index in [2.05, 4.69) is 54.6 Å². The highest BCUT2D eigenvalue weighted by molar-refractivity contribution is 5.41. The molecule has 0 spiro atoms. The Balaban J connectivity index is 2.37. The monoisotopic (exact) mass is 248 g/mol. The van der Waals surface area contributed by atoms with Crippen LogP contribution in [0.2, 0.25) is 0 Å². The molecule has 1 N–H and O–H groups in total. The minimum atomic E-state index is 1.15. The van der Waals surface area contributed by atoms with E-state index in [-0.39, 0.29) is 0 Å². The molecule has 0 aliphatic heterocycles. The molecule has 2 nitrogen and oxygen atoms in total. The van der Waals surface area contributed by atoms with Crippen LogP contribution in [-0.4, -0.2) is 18.1 Å². The fourth-order valence-corrected chi connectivity index (χ4v) is 2.02. The van der Waals surface area contributed by atoms with Crippen molar-refractivity contribution in [2.24, 2.45) is 0 Å². The van der Waals surface area contributed by atoms with Crippen molar-refractivity contribution in [3.63, 3.8) is 0 Å². The zero-order chi connectivity index (χ0) is 13.1. The van der Waals surface area contributed by atoms with Gasteiger partial charge in [0.25, 0.3) is 0 Å². The van der Waals surface area contributed by atoms with Gasteiger partial charge >= 0.3 is 0 Å². The van der Waals surface area contributed by atoms with E-state index in [9.17, 15) is 0 Å². The molecular weight excluding hydrogens is 220 g/mol. The van der Waals surface area contributed by atoms with E-state index in [0.717, 1.165) is 13.1 Å². The molecule has 0 aromatic heterocycles. The van der Waals surface area contributed by atoms with Crippen molar-refractivity contribution in [2.75, 3.05) is 18.5 Å². The minimum absolute atomic E-state index is 1.15. The van der Waals surface area contributed by atoms with Gasteiger partial charge in [0.2, 0.25) is 0 Å². The van der Waals surface area contributed by atoms with E-state index >= 15 is 0 Å². The van der Waals surface area contributed by atoms with Crippen LogP contribution < -0.4 is 5.43 Å². The average molecular weight is 248 g/mol. The van der Waals surface area contributed by atoms with Crippen LogP contribution in [0, 0.1) is 0 Å². The second-order valence-electron chi connectivity index (χ2n) is 4.88. The maximum atomic E-state index is 3.53. The van der Waals surface area contributed by atoms with Gasteiger partial charge in [0, 0.05) is 18.8 Å². The summed E-state index contributed by atoms with van der Waals surface area (Å²) in [7, 11) is 0. The van der Waals surface area contributed by atoms with Crippen LogP contribution in [0.5, 0.6) is 0 Å². The minimum Gasteiger partial charge on any atom is -0.319 e. The molecule has 0 amide bonds. The van der Waals surface area contributed by atoms with Gasteiger partial charge in [0.05, 0.1) is 0 Å². The van der Waals surface area contributed by atoms with E-state index in [1.54, 1.807) is 0 Å². The van der Waals surface area contributed by atoms with Crippen LogP contribution in [0.25, 0.3) is 0 Å². The van der Waals surface area contributed by atoms with Crippen LogP contribution in [-0.2, 0) is 0 Å². The summed E-state index contributed by atoms with van der Waals surface area (Å²) < 4.78 is 0. The highest BCUT2D eigenvalue weighted by Crippen LogP contribution is 2.09. The molecule has 18 heavy (non-hydrogen) atoms. The maximum absolute atomic E-state index is 3.53. The Labute approximate surface area is 112 Å². The summed E-state index contributed by atoms with van der Waals surface area (Å²) in [4.78, 5) is 0. The Kier molecular flexibility index (Phi) is 8.32. The van der Waals surface area contributed by atoms with Crippen LogP contribution in [0.3, 0.4) is 0 Å². The number of nitrogens with one attached hydrogen (secondary N) is 1. The number of nitrogens with zero attached hydrogens (tertiary/aromatic N) is 1. The molecule has 2 heteroatoms. The summed E-state index contributed by atoms with van der Waals surface area (Å²) in [6, 6.07) is 10.5. The molecule has 0 aliphatic rings. The lowest BCUT2D eigenvalue weighted by molar-refractivity contribution is 0.313. The first-order valence-corrected chi connectivity index (χ1v) is 7.43. The lowest BCUT2D eigenvalue weighted by Gasteiger charge is -2.24. The molecule has 0 heterocycles. The van der Waals surface area contributed by atoms with Crippen LogP contribution >= 0.6 is 0 Å². The zero-order valence-electron chi connectivity index (χ0n) is 12.0. The van der Waals surface area contributed by atoms with Crippen molar-refractivity contribution < 1.29 is 0 Å². The van der Waals surface area contributed by atoms with Crippen molar-refractivity contribution in [1.29, 1.82) is 0 Å². The molecule has 0 fully saturated rings. The molecule has 1 rings (SSSR count). The second kappa shape index (κ2) is 9.95. The molecule has 102 valence electrons. The molecule has 0 bridgehead atoms. The molecule has 0 saturated carbocycles. The third-order valence-electron chi connectivity index (χ3n) is 3.12. The predicted molar refractivity (Wildman–Crippen MR) is 80.7 cm³/mol. The summed E-state index contributed by atoms with van der Waals surface area (Å²) in [5.41, 5.74) is 4.73. The van der Waals surface area contributed by atoms with E-state index in [1.165, 1.54) is 44.2 Å². The zero-order valence-corrected chi connectivity index (χ0v) is 12.0. The van der Waals surface area contributed by atoms with Crippen molar-refractivity contribution in [3.05, 3.63) is 30.3 Å². The predicted octanol–water partition coefficient (Wildman–Crippen LogP) is 4.70. The Morgan fingerprint density at radius 2 is 1.39 bits per heavy atom. The molecule has 1 aromatic carbocycles. The summed E-state index contributed by atoms with van der Waals surface area (Å²) in [6.45, 7) is 6.80. The van der Waals surface area contributed by atoms with Gasteiger partial charge in [0.1, 0.15) is 0 Å². The van der Waals surface area contributed by atoms with E-state index < -0.39 is 0 Å². The molecular formula is C16H28N2. The first-order valence-electron chi connectivity index (χ1n) is 7.43. The molecule has 0 radical (unpaired) electrons. The number of unbranched alkanes of at least 4 members (excludes halogenated alkanes) is 4. The molecule has 1 aromatic rings. The van der Waals surface area contributed by atoms with Gasteiger partial charge in [-0.05, 0) is 25.0 Å². The average Bonchev–Trinajstić information content (AvgIpc) is 2.40. The van der Waals surface area contributed by atoms with Gasteiger partial charge in [-0.1, -0.05) is 57.7 Å². The molecule has 0 saturated heterocycles. The highest BCUT2D eigenvalue weighted by atomic mass is 15.5. The standard InChI is InChI=1S/C16H28N2/c1-3-5-10-14-18(15-11-6-4-2)17-16-12-8-7-9-13-16/h7-9,12-13,17H,3-6,10-11,14-15H2,1-2H3. The second-order valence-corrected chi connectivity index (χ2v) is 4.88. The normalized spacial score (nSPS) is 10.8. The lowest BCUT2D eigenvalue weighted by Crippen LogP contribution is -2.32. The SMILES string of the molecule is CCCCCN(CCCCC)Nc1ccccc1. The van der Waals surface area contributed by atoms with Gasteiger partial charge in [-0.25, -0.2) is 5.01 Å². The fraction of sp³-hybridized carbons (Fsp3) is 0.625. The van der Waals surface area contributed by atoms with Gasteiger partial charge < -0.3 is 5.43 Å². The van der Waals surface area contributed by atoms with Gasteiger partial charge in [-0.3, -0.25) is 0 Å². The number of hydrogen-bond donors (Lipinski definition) is 1. The summed E-state index contributed by atoms with van der Waals surface area (Å²) in [6.07, 6.45) is 7.77. The third-order valence-corrected chi connectivity index (χ3v) is 3.12. The van der Waals surface area contributed by atoms with Crippen molar-refractivity contribution in [2.45, 2.75) is 52.4 Å². The quantitative estimate of drug-likeness (QED) is 0.477. The number of hydrazine groups is 1. The van der Waals surface area contributed by atoms with Crippen molar-refractivity contribution >= 4 is 5.69 Å². The fourth-order valence-electron chi connectivity index (χ4n) is 2.02. The Hall–Kier alpha value is -1.02. The molecule has 0 aliphatic carbocycles. The summed E-state index contributed by atoms with van der Waals surface area (Å²) in [5.74, 6) is 0. The Morgan fingerprint density at radius 1 is 0.833 bits per heavy atom. The summed E-state index contributed by atoms with van der Waals surface area (Å²) in [5, 5.41) is 2.38. The van der Waals surface area contributed by atoms with Gasteiger partial charge in [-0.2, -0.15) is 0 Å². The number of para-hydroxylation sites is 1. The van der Waals surface area contributed by atoms with Gasteiger partial charge in [0.15, 0.2) is 0 Å². The number of benzene rings is 1. The van der Waals surface area contributed by atoms with Crippen LogP contribution in [0.4, 0.5) is 5.69 Å². The first-order chi connectivity index (χ1) is 8.86. The Morgan fingerprint density at radius 3 is 1.89 bits per heavy atom. The smallest absolute Gasteiger partial charge is 0.0490 e. The number of hydrogen-bond acceptors (Lipinski definition) is 2. The molecule has 0 atom stereocenters. The first kappa shape index (κ1) is 15.0. The Bertz CT molecular complexity index is 274. The third kappa shape index (κ3) is 6.65. The highest BCUT2D eigenvalue weighted by Gasteiger charge is 2.03. The largest absolute Gasteiger partial charge is 0.319 e. The van der Waals surface area contributed by atoms with Gasteiger partial charge in [-0.15, -0.1) is 0 Å².